The Morgan fingerprint density at radius 2 is 1.31 bits per heavy atom. The molecule has 0 aromatic heterocycles. The molecule has 10 nitrogen and oxygen atoms in total. The molecule has 36 heavy (non-hydrogen) atoms. The van der Waals surface area contributed by atoms with Gasteiger partial charge in [-0.15, -0.1) is 0 Å². The molecule has 0 saturated carbocycles. The molecule has 4 fully saturated rings. The lowest BCUT2D eigenvalue weighted by molar-refractivity contribution is -0.142. The summed E-state index contributed by atoms with van der Waals surface area (Å²) in [5.41, 5.74) is 0.0738. The van der Waals surface area contributed by atoms with Gasteiger partial charge in [-0.1, -0.05) is 24.3 Å². The monoisotopic (exact) mass is 493 g/mol. The van der Waals surface area contributed by atoms with Crippen LogP contribution in [0, 0.1) is 17.4 Å². The van der Waals surface area contributed by atoms with Crippen LogP contribution in [0.5, 0.6) is 0 Å². The third-order valence-corrected chi connectivity index (χ3v) is 8.06. The highest BCUT2D eigenvalue weighted by molar-refractivity contribution is 6.06. The van der Waals surface area contributed by atoms with Gasteiger partial charge in [-0.2, -0.15) is 0 Å². The SMILES string of the molecule is CN1C(=O)CC2(CCNCC2)C1=O.[C-]#[N+]c1ccc(C(=O)N2CCC3(CC2)CC(=O)N(C)C3=O)cc1. The van der Waals surface area contributed by atoms with E-state index in [1.807, 2.05) is 0 Å². The van der Waals surface area contributed by atoms with Gasteiger partial charge in [0.05, 0.1) is 17.4 Å². The maximum absolute atomic E-state index is 12.5. The van der Waals surface area contributed by atoms with E-state index in [0.717, 1.165) is 25.9 Å². The van der Waals surface area contributed by atoms with Crippen molar-refractivity contribution in [2.75, 3.05) is 40.3 Å². The number of benzene rings is 1. The van der Waals surface area contributed by atoms with Crippen molar-refractivity contribution >= 4 is 35.2 Å². The zero-order valence-corrected chi connectivity index (χ0v) is 20.7. The second-order valence-corrected chi connectivity index (χ2v) is 10.1. The molecular weight excluding hydrogens is 462 g/mol. The molecule has 0 unspecified atom stereocenters. The van der Waals surface area contributed by atoms with Crippen molar-refractivity contribution in [1.82, 2.24) is 20.0 Å². The molecule has 1 N–H and O–H groups in total. The van der Waals surface area contributed by atoms with Crippen LogP contribution in [-0.2, 0) is 19.2 Å². The first-order valence-electron chi connectivity index (χ1n) is 12.2. The summed E-state index contributed by atoms with van der Waals surface area (Å²) in [7, 11) is 3.11. The molecule has 2 spiro atoms. The Bertz CT molecular complexity index is 1120. The van der Waals surface area contributed by atoms with Gasteiger partial charge in [0, 0.05) is 45.6 Å². The molecule has 5 rings (SSSR count). The molecule has 190 valence electrons. The van der Waals surface area contributed by atoms with Crippen LogP contribution in [0.15, 0.2) is 24.3 Å². The van der Waals surface area contributed by atoms with E-state index < -0.39 is 5.41 Å². The van der Waals surface area contributed by atoms with Crippen LogP contribution in [0.1, 0.15) is 48.9 Å². The van der Waals surface area contributed by atoms with Crippen molar-refractivity contribution in [2.45, 2.75) is 38.5 Å². The molecule has 4 heterocycles. The van der Waals surface area contributed by atoms with Crippen LogP contribution < -0.4 is 5.32 Å². The van der Waals surface area contributed by atoms with Gasteiger partial charge < -0.3 is 10.2 Å². The number of carbonyl (C=O) groups excluding carboxylic acids is 5. The summed E-state index contributed by atoms with van der Waals surface area (Å²) in [5, 5.41) is 3.20. The molecule has 0 aliphatic carbocycles. The first-order chi connectivity index (χ1) is 17.1. The van der Waals surface area contributed by atoms with E-state index in [0.29, 0.717) is 43.6 Å². The fourth-order valence-electron chi connectivity index (χ4n) is 5.59. The Morgan fingerprint density at radius 3 is 1.72 bits per heavy atom. The highest BCUT2D eigenvalue weighted by Crippen LogP contribution is 2.42. The third kappa shape index (κ3) is 4.51. The Balaban J connectivity index is 0.000000197. The summed E-state index contributed by atoms with van der Waals surface area (Å²) in [6, 6.07) is 6.55. The molecule has 10 heteroatoms. The van der Waals surface area contributed by atoms with Crippen LogP contribution >= 0.6 is 0 Å². The van der Waals surface area contributed by atoms with Gasteiger partial charge in [-0.05, 0) is 38.8 Å². The predicted octanol–water partition coefficient (Wildman–Crippen LogP) is 1.59. The van der Waals surface area contributed by atoms with Gasteiger partial charge in [0.1, 0.15) is 0 Å². The fraction of sp³-hybridized carbons (Fsp3) is 0.538. The van der Waals surface area contributed by atoms with E-state index in [1.54, 1.807) is 36.2 Å². The molecule has 1 aromatic rings. The highest BCUT2D eigenvalue weighted by Gasteiger charge is 2.52. The number of rotatable bonds is 1. The number of nitrogens with zero attached hydrogens (tertiary/aromatic N) is 4. The second kappa shape index (κ2) is 9.82. The van der Waals surface area contributed by atoms with E-state index >= 15 is 0 Å². The van der Waals surface area contributed by atoms with Gasteiger partial charge in [0.25, 0.3) is 5.91 Å². The standard InChI is InChI=1S/C17H17N3O3.C9H14N2O2/c1-18-13-5-3-12(4-6-13)15(22)20-9-7-17(8-10-20)11-14(21)19(2)16(17)23;1-11-7(12)6-9(8(11)13)2-4-10-5-3-9/h3-6H,7-11H2,2H3;10H,2-6H2,1H3. The zero-order chi connectivity index (χ0) is 26.1. The topological polar surface area (TPSA) is 111 Å². The lowest BCUT2D eigenvalue weighted by Gasteiger charge is -2.37. The minimum atomic E-state index is -0.615. The number of carbonyl (C=O) groups is 5. The fourth-order valence-corrected chi connectivity index (χ4v) is 5.59. The molecule has 0 atom stereocenters. The van der Waals surface area contributed by atoms with Crippen molar-refractivity contribution in [3.05, 3.63) is 41.2 Å². The largest absolute Gasteiger partial charge is 0.339 e. The van der Waals surface area contributed by atoms with E-state index in [4.69, 9.17) is 6.57 Å². The van der Waals surface area contributed by atoms with Crippen molar-refractivity contribution in [3.8, 4) is 0 Å². The number of likely N-dealkylation sites (tertiary alicyclic amines) is 3. The zero-order valence-electron chi connectivity index (χ0n) is 20.7. The molecule has 1 aromatic carbocycles. The number of nitrogens with one attached hydrogen (secondary N) is 1. The van der Waals surface area contributed by atoms with Gasteiger partial charge in [-0.3, -0.25) is 33.8 Å². The Kier molecular flexibility index (Phi) is 6.96. The van der Waals surface area contributed by atoms with Gasteiger partial charge in [-0.25, -0.2) is 4.85 Å². The van der Waals surface area contributed by atoms with Crippen molar-refractivity contribution in [2.24, 2.45) is 10.8 Å². The van der Waals surface area contributed by atoms with Crippen LogP contribution in [0.4, 0.5) is 5.69 Å². The molecule has 4 aliphatic heterocycles. The van der Waals surface area contributed by atoms with Crippen molar-refractivity contribution in [3.63, 3.8) is 0 Å². The minimum absolute atomic E-state index is 0.0214. The summed E-state index contributed by atoms with van der Waals surface area (Å²) < 4.78 is 0. The predicted molar refractivity (Wildman–Crippen MR) is 130 cm³/mol. The van der Waals surface area contributed by atoms with E-state index in [2.05, 4.69) is 10.2 Å². The maximum Gasteiger partial charge on any atom is 0.253 e. The lowest BCUT2D eigenvalue weighted by atomic mass is 9.77. The summed E-state index contributed by atoms with van der Waals surface area (Å²) in [6.07, 6.45) is 3.33. The Labute approximate surface area is 210 Å². The molecule has 5 amide bonds. The number of amides is 5. The first kappa shape index (κ1) is 25.5. The van der Waals surface area contributed by atoms with Gasteiger partial charge in [0.15, 0.2) is 5.69 Å². The number of imide groups is 2. The van der Waals surface area contributed by atoms with Crippen LogP contribution in [0.25, 0.3) is 4.85 Å². The molecule has 0 radical (unpaired) electrons. The summed E-state index contributed by atoms with van der Waals surface area (Å²) in [5.74, 6) is -0.340. The van der Waals surface area contributed by atoms with Gasteiger partial charge >= 0.3 is 0 Å². The average Bonchev–Trinajstić information content (AvgIpc) is 3.23. The molecule has 4 aliphatic rings. The Hall–Kier alpha value is -3.58. The van der Waals surface area contributed by atoms with Crippen LogP contribution in [0.3, 0.4) is 0 Å². The lowest BCUT2D eigenvalue weighted by Crippen LogP contribution is -2.46. The highest BCUT2D eigenvalue weighted by atomic mass is 16.2. The van der Waals surface area contributed by atoms with E-state index in [1.165, 1.54) is 16.8 Å². The number of hydrogen-bond acceptors (Lipinski definition) is 6. The quantitative estimate of drug-likeness (QED) is 0.470. The summed E-state index contributed by atoms with van der Waals surface area (Å²) >= 11 is 0. The average molecular weight is 494 g/mol. The van der Waals surface area contributed by atoms with Crippen LogP contribution in [-0.4, -0.2) is 84.5 Å². The third-order valence-electron chi connectivity index (χ3n) is 8.06. The smallest absolute Gasteiger partial charge is 0.253 e. The van der Waals surface area contributed by atoms with Crippen LogP contribution in [0.2, 0.25) is 0 Å². The summed E-state index contributed by atoms with van der Waals surface area (Å²) in [6.45, 7) is 9.57. The minimum Gasteiger partial charge on any atom is -0.339 e. The molecule has 0 bridgehead atoms. The maximum atomic E-state index is 12.5. The second-order valence-electron chi connectivity index (χ2n) is 10.1. The molecule has 4 saturated heterocycles. The Morgan fingerprint density at radius 1 is 0.833 bits per heavy atom. The normalized spacial score (nSPS) is 22.6. The van der Waals surface area contributed by atoms with Gasteiger partial charge in [0.2, 0.25) is 23.6 Å². The molecular formula is C26H31N5O5. The first-order valence-corrected chi connectivity index (χ1v) is 12.2. The van der Waals surface area contributed by atoms with E-state index in [9.17, 15) is 24.0 Å². The van der Waals surface area contributed by atoms with Crippen molar-refractivity contribution in [1.29, 1.82) is 0 Å². The summed E-state index contributed by atoms with van der Waals surface area (Å²) in [4.78, 5) is 67.2. The number of hydrogen-bond donors (Lipinski definition) is 1. The number of piperidine rings is 2. The van der Waals surface area contributed by atoms with Crippen molar-refractivity contribution < 1.29 is 24.0 Å². The van der Waals surface area contributed by atoms with E-state index in [-0.39, 0.29) is 41.4 Å².